The molecule has 1 aliphatic heterocycles. The van der Waals surface area contributed by atoms with Gasteiger partial charge in [0.1, 0.15) is 5.69 Å². The Morgan fingerprint density at radius 3 is 2.33 bits per heavy atom. The second-order valence-electron chi connectivity index (χ2n) is 7.93. The van der Waals surface area contributed by atoms with Crippen LogP contribution in [0.4, 0.5) is 17.1 Å². The lowest BCUT2D eigenvalue weighted by Gasteiger charge is -2.36. The van der Waals surface area contributed by atoms with Gasteiger partial charge in [-0.2, -0.15) is 0 Å². The molecule has 2 N–H and O–H groups in total. The maximum absolute atomic E-state index is 12.7. The van der Waals surface area contributed by atoms with Gasteiger partial charge in [0.25, 0.3) is 17.5 Å². The Labute approximate surface area is 175 Å². The van der Waals surface area contributed by atoms with Crippen molar-refractivity contribution in [3.63, 3.8) is 0 Å². The number of rotatable bonds is 5. The third kappa shape index (κ3) is 4.76. The van der Waals surface area contributed by atoms with E-state index in [1.54, 1.807) is 36.4 Å². The SMILES string of the molecule is CNC(=O)c1cccc(NC(=O)c2ccc(N3CC(C)CC(C)C3)c([N+](=O)[O-])c2)c1. The number of carbonyl (C=O) groups excluding carboxylic acids is 2. The smallest absolute Gasteiger partial charge is 0.293 e. The fraction of sp³-hybridized carbons (Fsp3) is 0.364. The minimum atomic E-state index is -0.473. The molecule has 158 valence electrons. The lowest BCUT2D eigenvalue weighted by Crippen LogP contribution is -2.39. The molecule has 0 aliphatic carbocycles. The molecule has 2 aromatic rings. The van der Waals surface area contributed by atoms with E-state index in [1.807, 2.05) is 4.90 Å². The molecular formula is C22H26N4O4. The molecule has 2 unspecified atom stereocenters. The van der Waals surface area contributed by atoms with E-state index in [4.69, 9.17) is 0 Å². The number of amides is 2. The summed E-state index contributed by atoms with van der Waals surface area (Å²) in [4.78, 5) is 37.8. The first kappa shape index (κ1) is 21.3. The van der Waals surface area contributed by atoms with Crippen LogP contribution in [0.25, 0.3) is 0 Å². The number of nitrogens with one attached hydrogen (secondary N) is 2. The molecule has 2 aromatic carbocycles. The van der Waals surface area contributed by atoms with Crippen LogP contribution in [0, 0.1) is 22.0 Å². The Hall–Kier alpha value is -3.42. The largest absolute Gasteiger partial charge is 0.365 e. The summed E-state index contributed by atoms with van der Waals surface area (Å²) in [6, 6.07) is 11.1. The molecule has 8 heteroatoms. The predicted octanol–water partition coefficient (Wildman–Crippen LogP) is 3.69. The van der Waals surface area contributed by atoms with Crippen molar-refractivity contribution in [2.75, 3.05) is 30.4 Å². The van der Waals surface area contributed by atoms with Crippen molar-refractivity contribution < 1.29 is 14.5 Å². The molecule has 1 saturated heterocycles. The van der Waals surface area contributed by atoms with Crippen LogP contribution >= 0.6 is 0 Å². The van der Waals surface area contributed by atoms with Gasteiger partial charge in [0, 0.05) is 43.0 Å². The summed E-state index contributed by atoms with van der Waals surface area (Å²) >= 11 is 0. The van der Waals surface area contributed by atoms with E-state index < -0.39 is 10.8 Å². The molecular weight excluding hydrogens is 384 g/mol. The van der Waals surface area contributed by atoms with E-state index in [0.29, 0.717) is 28.8 Å². The first-order valence-corrected chi connectivity index (χ1v) is 9.95. The van der Waals surface area contributed by atoms with E-state index in [9.17, 15) is 19.7 Å². The van der Waals surface area contributed by atoms with E-state index in [1.165, 1.54) is 13.1 Å². The Morgan fingerprint density at radius 1 is 1.03 bits per heavy atom. The van der Waals surface area contributed by atoms with Gasteiger partial charge in [-0.05, 0) is 48.6 Å². The van der Waals surface area contributed by atoms with Crippen molar-refractivity contribution in [2.45, 2.75) is 20.3 Å². The summed E-state index contributed by atoms with van der Waals surface area (Å²) in [5.41, 5.74) is 1.49. The molecule has 2 amide bonds. The number of nitro groups is 1. The summed E-state index contributed by atoms with van der Waals surface area (Å²) in [7, 11) is 1.53. The molecule has 3 rings (SSSR count). The molecule has 1 aliphatic rings. The predicted molar refractivity (Wildman–Crippen MR) is 116 cm³/mol. The lowest BCUT2D eigenvalue weighted by molar-refractivity contribution is -0.384. The van der Waals surface area contributed by atoms with Crippen molar-refractivity contribution in [2.24, 2.45) is 11.8 Å². The van der Waals surface area contributed by atoms with Gasteiger partial charge in [0.15, 0.2) is 0 Å². The molecule has 0 spiro atoms. The number of nitrogens with zero attached hydrogens (tertiary/aromatic N) is 2. The fourth-order valence-corrected chi connectivity index (χ4v) is 4.02. The van der Waals surface area contributed by atoms with Crippen molar-refractivity contribution >= 4 is 28.9 Å². The minimum Gasteiger partial charge on any atom is -0.365 e. The average molecular weight is 410 g/mol. The van der Waals surface area contributed by atoms with Gasteiger partial charge in [-0.25, -0.2) is 0 Å². The number of piperidine rings is 1. The zero-order valence-electron chi connectivity index (χ0n) is 17.3. The Morgan fingerprint density at radius 2 is 1.70 bits per heavy atom. The number of benzene rings is 2. The highest BCUT2D eigenvalue weighted by atomic mass is 16.6. The number of nitro benzene ring substituents is 1. The van der Waals surface area contributed by atoms with Gasteiger partial charge >= 0.3 is 0 Å². The van der Waals surface area contributed by atoms with E-state index in [2.05, 4.69) is 24.5 Å². The zero-order chi connectivity index (χ0) is 21.8. The molecule has 2 atom stereocenters. The normalized spacial score (nSPS) is 18.6. The standard InChI is InChI=1S/C22H26N4O4/c1-14-9-15(2)13-25(12-14)19-8-7-17(11-20(19)26(29)30)22(28)24-18-6-4-5-16(10-18)21(27)23-3/h4-8,10-11,14-15H,9,12-13H2,1-3H3,(H,23,27)(H,24,28). The van der Waals surface area contributed by atoms with Crippen LogP contribution in [0.5, 0.6) is 0 Å². The van der Waals surface area contributed by atoms with Crippen LogP contribution in [0.3, 0.4) is 0 Å². The molecule has 30 heavy (non-hydrogen) atoms. The van der Waals surface area contributed by atoms with Gasteiger partial charge in [-0.3, -0.25) is 19.7 Å². The van der Waals surface area contributed by atoms with Gasteiger partial charge in [0.05, 0.1) is 4.92 Å². The maximum Gasteiger partial charge on any atom is 0.293 e. The Bertz CT molecular complexity index is 965. The summed E-state index contributed by atoms with van der Waals surface area (Å²) in [5, 5.41) is 16.9. The molecule has 0 bridgehead atoms. The van der Waals surface area contributed by atoms with Gasteiger partial charge in [-0.15, -0.1) is 0 Å². The molecule has 0 saturated carbocycles. The van der Waals surface area contributed by atoms with Gasteiger partial charge in [-0.1, -0.05) is 19.9 Å². The summed E-state index contributed by atoms with van der Waals surface area (Å²) in [5.74, 6) is 0.156. The third-order valence-corrected chi connectivity index (χ3v) is 5.25. The van der Waals surface area contributed by atoms with Crippen molar-refractivity contribution in [1.82, 2.24) is 5.32 Å². The van der Waals surface area contributed by atoms with Crippen molar-refractivity contribution in [1.29, 1.82) is 0 Å². The van der Waals surface area contributed by atoms with Crippen LogP contribution in [-0.2, 0) is 0 Å². The maximum atomic E-state index is 12.7. The highest BCUT2D eigenvalue weighted by Crippen LogP contribution is 2.34. The molecule has 0 aromatic heterocycles. The second-order valence-corrected chi connectivity index (χ2v) is 7.93. The highest BCUT2D eigenvalue weighted by Gasteiger charge is 2.28. The molecule has 1 fully saturated rings. The summed E-state index contributed by atoms with van der Waals surface area (Å²) < 4.78 is 0. The van der Waals surface area contributed by atoms with Crippen LogP contribution in [0.1, 0.15) is 41.0 Å². The zero-order valence-corrected chi connectivity index (χ0v) is 17.3. The summed E-state index contributed by atoms with van der Waals surface area (Å²) in [6.45, 7) is 5.79. The fourth-order valence-electron chi connectivity index (χ4n) is 4.02. The second kappa shape index (κ2) is 8.94. The van der Waals surface area contributed by atoms with E-state index >= 15 is 0 Å². The lowest BCUT2D eigenvalue weighted by atomic mass is 9.91. The van der Waals surface area contributed by atoms with Crippen LogP contribution in [0.15, 0.2) is 42.5 Å². The first-order chi connectivity index (χ1) is 14.3. The van der Waals surface area contributed by atoms with Gasteiger partial charge < -0.3 is 15.5 Å². The molecule has 8 nitrogen and oxygen atoms in total. The van der Waals surface area contributed by atoms with Crippen LogP contribution in [-0.4, -0.2) is 36.9 Å². The Kier molecular flexibility index (Phi) is 6.34. The van der Waals surface area contributed by atoms with E-state index in [0.717, 1.165) is 19.5 Å². The average Bonchev–Trinajstić information content (AvgIpc) is 2.72. The van der Waals surface area contributed by atoms with E-state index in [-0.39, 0.29) is 17.2 Å². The van der Waals surface area contributed by atoms with Gasteiger partial charge in [0.2, 0.25) is 0 Å². The quantitative estimate of drug-likeness (QED) is 0.578. The number of hydrogen-bond acceptors (Lipinski definition) is 5. The van der Waals surface area contributed by atoms with Crippen molar-refractivity contribution in [3.8, 4) is 0 Å². The summed E-state index contributed by atoms with van der Waals surface area (Å²) in [6.07, 6.45) is 1.10. The first-order valence-electron chi connectivity index (χ1n) is 9.95. The van der Waals surface area contributed by atoms with Crippen LogP contribution < -0.4 is 15.5 Å². The molecule has 0 radical (unpaired) electrons. The third-order valence-electron chi connectivity index (χ3n) is 5.25. The molecule has 1 heterocycles. The number of carbonyl (C=O) groups is 2. The van der Waals surface area contributed by atoms with Crippen molar-refractivity contribution in [3.05, 3.63) is 63.7 Å². The highest BCUT2D eigenvalue weighted by molar-refractivity contribution is 6.06. The topological polar surface area (TPSA) is 105 Å². The van der Waals surface area contributed by atoms with Crippen LogP contribution in [0.2, 0.25) is 0 Å². The number of hydrogen-bond donors (Lipinski definition) is 2. The number of anilines is 2. The Balaban J connectivity index is 1.84. The monoisotopic (exact) mass is 410 g/mol. The minimum absolute atomic E-state index is 0.0805.